The number of hydrogen-bond acceptors (Lipinski definition) is 5. The molecule has 0 aromatic heterocycles. The number of carbonyl (C=O) groups is 1. The molecule has 3 atom stereocenters. The number of allylic oxidation sites excluding steroid dienone is 17. The molecule has 0 rings (SSSR count). The van der Waals surface area contributed by atoms with Crippen LogP contribution in [0.1, 0.15) is 322 Å². The molecule has 0 aliphatic heterocycles. The average molecular weight is 1220 g/mol. The maximum Gasteiger partial charge on any atom is 0.472 e. The van der Waals surface area contributed by atoms with Crippen molar-refractivity contribution in [2.75, 3.05) is 40.9 Å². The quantitative estimate of drug-likeness (QED) is 0.0243. The number of unbranched alkanes of at least 4 members (excludes halogenated alkanes) is 37. The molecule has 3 unspecified atom stereocenters. The topological polar surface area (TPSA) is 105 Å². The van der Waals surface area contributed by atoms with Crippen molar-refractivity contribution < 1.29 is 32.9 Å². The van der Waals surface area contributed by atoms with Crippen molar-refractivity contribution in [3.63, 3.8) is 0 Å². The van der Waals surface area contributed by atoms with E-state index >= 15 is 0 Å². The van der Waals surface area contributed by atoms with Crippen LogP contribution < -0.4 is 5.32 Å². The minimum Gasteiger partial charge on any atom is -0.387 e. The second kappa shape index (κ2) is 66.6. The van der Waals surface area contributed by atoms with E-state index in [4.69, 9.17) is 9.05 Å². The zero-order valence-corrected chi connectivity index (χ0v) is 57.9. The lowest BCUT2D eigenvalue weighted by molar-refractivity contribution is -0.870. The van der Waals surface area contributed by atoms with Gasteiger partial charge < -0.3 is 19.8 Å². The Morgan fingerprint density at radius 3 is 1.07 bits per heavy atom. The van der Waals surface area contributed by atoms with Gasteiger partial charge in [0.1, 0.15) is 13.2 Å². The SMILES string of the molecule is CC/C=C\C/C=C\C/C=C\C/C=C\C/C=C\C/C=C\C/C=C\CCCCCCCCCCCCCCCCCCCC(=O)NC(COP(=O)(O)OCC[N+](C)(C)C)C(O)/C=C/CC/C=C/CCCCCCCCCCCCCCCCCCCCC. The number of phosphoric ester groups is 1. The van der Waals surface area contributed by atoms with E-state index in [9.17, 15) is 19.4 Å². The molecule has 86 heavy (non-hydrogen) atoms. The second-order valence-corrected chi connectivity index (χ2v) is 27.0. The standard InChI is InChI=1S/C77H139N2O6P/c1-6-8-10-12-14-16-18-20-22-24-26-28-30-32-33-34-35-36-37-38-39-40-41-42-43-44-45-47-49-51-53-55-57-59-61-63-65-67-69-71-77(81)78-75(74-85-86(82,83)84-73-72-79(3,4)5)76(80)70-68-66-64-62-60-58-56-54-52-50-48-46-31-29-27-25-23-21-19-17-15-13-11-9-7-2/h8,10,14,16,20,22,26,28,32-33,35-36,38-39,60,62,68,70,75-76,80H,6-7,9,11-13,15,17-19,21,23-25,27,29-31,34,37,40-59,61,63-67,69,71-74H2,1-5H3,(H-,78,81,82,83)/p+1/b10-8-,16-14-,22-20-,28-26-,33-32-,36-35-,39-38-,62-60+,70-68+. The average Bonchev–Trinajstić information content (AvgIpc) is 3.70. The minimum absolute atomic E-state index is 0.0538. The van der Waals surface area contributed by atoms with Crippen LogP contribution in [-0.4, -0.2) is 73.4 Å². The number of aliphatic hydroxyl groups excluding tert-OH is 1. The minimum atomic E-state index is -4.37. The van der Waals surface area contributed by atoms with Crippen LogP contribution in [0.3, 0.4) is 0 Å². The predicted octanol–water partition coefficient (Wildman–Crippen LogP) is 23.4. The summed E-state index contributed by atoms with van der Waals surface area (Å²) < 4.78 is 23.8. The number of carbonyl (C=O) groups excluding carboxylic acids is 1. The molecule has 0 spiro atoms. The zero-order valence-electron chi connectivity index (χ0n) is 57.0. The van der Waals surface area contributed by atoms with Gasteiger partial charge >= 0.3 is 7.82 Å². The van der Waals surface area contributed by atoms with E-state index in [2.05, 4.69) is 116 Å². The highest BCUT2D eigenvalue weighted by molar-refractivity contribution is 7.47. The molecule has 0 aliphatic rings. The van der Waals surface area contributed by atoms with Gasteiger partial charge in [-0.3, -0.25) is 13.8 Å². The molecular weight excluding hydrogens is 1080 g/mol. The summed E-state index contributed by atoms with van der Waals surface area (Å²) in [6, 6.07) is -0.870. The number of nitrogens with zero attached hydrogens (tertiary/aromatic N) is 1. The first-order valence-corrected chi connectivity index (χ1v) is 37.8. The molecule has 9 heteroatoms. The van der Waals surface area contributed by atoms with Gasteiger partial charge in [-0.25, -0.2) is 4.57 Å². The van der Waals surface area contributed by atoms with Gasteiger partial charge in [0, 0.05) is 6.42 Å². The smallest absolute Gasteiger partial charge is 0.387 e. The highest BCUT2D eigenvalue weighted by Gasteiger charge is 2.28. The van der Waals surface area contributed by atoms with E-state index in [1.54, 1.807) is 6.08 Å². The Morgan fingerprint density at radius 1 is 0.407 bits per heavy atom. The van der Waals surface area contributed by atoms with Crippen LogP contribution in [0.5, 0.6) is 0 Å². The van der Waals surface area contributed by atoms with Crippen LogP contribution in [0.25, 0.3) is 0 Å². The number of likely N-dealkylation sites (N-methyl/N-ethyl adjacent to an activating group) is 1. The van der Waals surface area contributed by atoms with Crippen molar-refractivity contribution in [2.45, 2.75) is 334 Å². The summed E-state index contributed by atoms with van der Waals surface area (Å²) in [5.41, 5.74) is 0. The van der Waals surface area contributed by atoms with Gasteiger partial charge in [-0.2, -0.15) is 0 Å². The first kappa shape index (κ1) is 83.2. The molecule has 8 nitrogen and oxygen atoms in total. The molecule has 3 N–H and O–H groups in total. The monoisotopic (exact) mass is 1220 g/mol. The van der Waals surface area contributed by atoms with Crippen LogP contribution in [0, 0.1) is 0 Å². The number of nitrogens with one attached hydrogen (secondary N) is 1. The molecule has 0 saturated heterocycles. The van der Waals surface area contributed by atoms with Crippen molar-refractivity contribution in [1.29, 1.82) is 0 Å². The number of hydrogen-bond donors (Lipinski definition) is 3. The molecular formula is C77H140N2O6P+. The van der Waals surface area contributed by atoms with Gasteiger partial charge in [0.05, 0.1) is 39.9 Å². The van der Waals surface area contributed by atoms with Crippen LogP contribution in [0.4, 0.5) is 0 Å². The molecule has 0 aliphatic carbocycles. The third kappa shape index (κ3) is 68.6. The van der Waals surface area contributed by atoms with Crippen molar-refractivity contribution in [3.05, 3.63) is 109 Å². The fourth-order valence-corrected chi connectivity index (χ4v) is 11.1. The molecule has 0 fully saturated rings. The predicted molar refractivity (Wildman–Crippen MR) is 378 cm³/mol. The lowest BCUT2D eigenvalue weighted by Gasteiger charge is -2.25. The molecule has 0 heterocycles. The van der Waals surface area contributed by atoms with Crippen LogP contribution in [0.2, 0.25) is 0 Å². The van der Waals surface area contributed by atoms with Crippen LogP contribution in [-0.2, 0) is 18.4 Å². The highest BCUT2D eigenvalue weighted by Crippen LogP contribution is 2.43. The number of amides is 1. The normalized spacial score (nSPS) is 14.3. The van der Waals surface area contributed by atoms with Gasteiger partial charge in [-0.05, 0) is 89.9 Å². The van der Waals surface area contributed by atoms with Crippen molar-refractivity contribution in [1.82, 2.24) is 5.32 Å². The van der Waals surface area contributed by atoms with Crippen LogP contribution in [0.15, 0.2) is 109 Å². The van der Waals surface area contributed by atoms with Gasteiger partial charge in [0.15, 0.2) is 0 Å². The Kier molecular flexibility index (Phi) is 64.4. The van der Waals surface area contributed by atoms with E-state index in [1.807, 2.05) is 27.2 Å². The fourth-order valence-electron chi connectivity index (χ4n) is 10.4. The summed E-state index contributed by atoms with van der Waals surface area (Å²) in [5.74, 6) is -0.185. The molecule has 0 aromatic carbocycles. The number of rotatable bonds is 66. The summed E-state index contributed by atoms with van der Waals surface area (Å²) in [7, 11) is 1.56. The highest BCUT2D eigenvalue weighted by atomic mass is 31.2. The third-order valence-electron chi connectivity index (χ3n) is 16.0. The Morgan fingerprint density at radius 2 is 0.709 bits per heavy atom. The third-order valence-corrected chi connectivity index (χ3v) is 17.0. The van der Waals surface area contributed by atoms with Crippen molar-refractivity contribution in [2.24, 2.45) is 0 Å². The maximum atomic E-state index is 13.1. The summed E-state index contributed by atoms with van der Waals surface area (Å²) in [5, 5.41) is 14.0. The lowest BCUT2D eigenvalue weighted by atomic mass is 10.0. The van der Waals surface area contributed by atoms with E-state index in [0.29, 0.717) is 17.4 Å². The van der Waals surface area contributed by atoms with Crippen molar-refractivity contribution in [3.8, 4) is 0 Å². The first-order valence-electron chi connectivity index (χ1n) is 36.3. The number of aliphatic hydroxyl groups is 1. The molecule has 498 valence electrons. The Labute approximate surface area is 533 Å². The Hall–Kier alpha value is -2.84. The summed E-state index contributed by atoms with van der Waals surface area (Å²) in [4.78, 5) is 23.4. The summed E-state index contributed by atoms with van der Waals surface area (Å²) >= 11 is 0. The van der Waals surface area contributed by atoms with Gasteiger partial charge in [0.2, 0.25) is 5.91 Å². The van der Waals surface area contributed by atoms with E-state index in [0.717, 1.165) is 83.5 Å². The zero-order chi connectivity index (χ0) is 62.6. The number of phosphoric acid groups is 1. The lowest BCUT2D eigenvalue weighted by Crippen LogP contribution is -2.45. The molecule has 0 bridgehead atoms. The molecule has 0 radical (unpaired) electrons. The fraction of sp³-hybridized carbons (Fsp3) is 0.753. The van der Waals surface area contributed by atoms with Crippen LogP contribution >= 0.6 is 7.82 Å². The van der Waals surface area contributed by atoms with E-state index < -0.39 is 20.0 Å². The maximum absolute atomic E-state index is 13.1. The van der Waals surface area contributed by atoms with Gasteiger partial charge in [-0.15, -0.1) is 0 Å². The summed E-state index contributed by atoms with van der Waals surface area (Å²) in [6.45, 7) is 4.71. The second-order valence-electron chi connectivity index (χ2n) is 25.6. The van der Waals surface area contributed by atoms with Gasteiger partial charge in [-0.1, -0.05) is 335 Å². The first-order chi connectivity index (χ1) is 42.0. The molecule has 1 amide bonds. The van der Waals surface area contributed by atoms with Crippen molar-refractivity contribution >= 4 is 13.7 Å². The Balaban J connectivity index is 4.06. The largest absolute Gasteiger partial charge is 0.472 e. The molecule has 0 aromatic rings. The van der Waals surface area contributed by atoms with E-state index in [-0.39, 0.29) is 19.1 Å². The number of quaternary nitrogens is 1. The van der Waals surface area contributed by atoms with Gasteiger partial charge in [0.25, 0.3) is 0 Å². The van der Waals surface area contributed by atoms with E-state index in [1.165, 1.54) is 218 Å². The molecule has 0 saturated carbocycles. The Bertz CT molecular complexity index is 1770. The summed E-state index contributed by atoms with van der Waals surface area (Å²) in [6.07, 6.45) is 98.2.